The van der Waals surface area contributed by atoms with Crippen LogP contribution in [-0.4, -0.2) is 23.5 Å². The Bertz CT molecular complexity index is 335. The zero-order valence-corrected chi connectivity index (χ0v) is 12.6. The summed E-state index contributed by atoms with van der Waals surface area (Å²) in [5.41, 5.74) is 1.13. The first-order chi connectivity index (χ1) is 8.52. The number of anilines is 1. The van der Waals surface area contributed by atoms with Crippen molar-refractivity contribution in [2.24, 2.45) is 11.8 Å². The molecule has 0 fully saturated rings. The topological polar surface area (TPSA) is 32.3 Å². The molecule has 18 heavy (non-hydrogen) atoms. The third-order valence-electron chi connectivity index (χ3n) is 2.97. The summed E-state index contributed by atoms with van der Waals surface area (Å²) in [7, 11) is 0. The van der Waals surface area contributed by atoms with Gasteiger partial charge >= 0.3 is 0 Å². The van der Waals surface area contributed by atoms with E-state index in [1.165, 1.54) is 4.90 Å². The molecule has 0 amide bonds. The van der Waals surface area contributed by atoms with Gasteiger partial charge in [-0.25, -0.2) is 0 Å². The first-order valence-corrected chi connectivity index (χ1v) is 7.52. The molecule has 0 bridgehead atoms. The molecule has 1 aromatic rings. The molecular weight excluding hydrogens is 242 g/mol. The molecule has 2 nitrogen and oxygen atoms in total. The smallest absolute Gasteiger partial charge is 0.0478 e. The molecule has 1 aromatic carbocycles. The molecule has 0 heterocycles. The molecular formula is C15H25NOS. The van der Waals surface area contributed by atoms with E-state index < -0.39 is 0 Å². The van der Waals surface area contributed by atoms with E-state index in [0.717, 1.165) is 12.2 Å². The highest BCUT2D eigenvalue weighted by molar-refractivity contribution is 7.99. The van der Waals surface area contributed by atoms with Gasteiger partial charge in [-0.3, -0.25) is 0 Å². The SMILES string of the molecule is CC(C)Sc1ccc(NCC(CO)C(C)C)cc1. The number of benzene rings is 1. The Morgan fingerprint density at radius 2 is 1.72 bits per heavy atom. The lowest BCUT2D eigenvalue weighted by atomic mass is 9.97. The van der Waals surface area contributed by atoms with E-state index >= 15 is 0 Å². The maximum Gasteiger partial charge on any atom is 0.0478 e. The largest absolute Gasteiger partial charge is 0.396 e. The zero-order valence-electron chi connectivity index (χ0n) is 11.8. The van der Waals surface area contributed by atoms with Crippen LogP contribution >= 0.6 is 11.8 Å². The lowest BCUT2D eigenvalue weighted by Gasteiger charge is -2.19. The summed E-state index contributed by atoms with van der Waals surface area (Å²) in [5.74, 6) is 0.813. The molecule has 0 saturated heterocycles. The van der Waals surface area contributed by atoms with Crippen LogP contribution in [0.4, 0.5) is 5.69 Å². The summed E-state index contributed by atoms with van der Waals surface area (Å²) in [6.45, 7) is 9.75. The van der Waals surface area contributed by atoms with Crippen LogP contribution in [0.25, 0.3) is 0 Å². The summed E-state index contributed by atoms with van der Waals surface area (Å²) >= 11 is 1.87. The first kappa shape index (κ1) is 15.4. The van der Waals surface area contributed by atoms with Crippen LogP contribution in [-0.2, 0) is 0 Å². The normalized spacial score (nSPS) is 13.1. The van der Waals surface area contributed by atoms with Gasteiger partial charge in [-0.05, 0) is 30.2 Å². The van der Waals surface area contributed by atoms with Gasteiger partial charge in [0.05, 0.1) is 0 Å². The summed E-state index contributed by atoms with van der Waals surface area (Å²) in [6, 6.07) is 8.52. The molecule has 3 heteroatoms. The number of aliphatic hydroxyl groups excluding tert-OH is 1. The lowest BCUT2D eigenvalue weighted by molar-refractivity contribution is 0.198. The fraction of sp³-hybridized carbons (Fsp3) is 0.600. The van der Waals surface area contributed by atoms with Gasteiger partial charge in [0.2, 0.25) is 0 Å². The second-order valence-electron chi connectivity index (χ2n) is 5.26. The molecule has 0 aliphatic rings. The summed E-state index contributed by atoms with van der Waals surface area (Å²) < 4.78 is 0. The number of hydrogen-bond donors (Lipinski definition) is 2. The van der Waals surface area contributed by atoms with Crippen LogP contribution < -0.4 is 5.32 Å². The molecule has 2 N–H and O–H groups in total. The average Bonchev–Trinajstić information content (AvgIpc) is 2.31. The molecule has 0 spiro atoms. The lowest BCUT2D eigenvalue weighted by Crippen LogP contribution is -2.22. The molecule has 1 rings (SSSR count). The van der Waals surface area contributed by atoms with Crippen LogP contribution in [0.2, 0.25) is 0 Å². The van der Waals surface area contributed by atoms with Crippen molar-refractivity contribution in [2.75, 3.05) is 18.5 Å². The quantitative estimate of drug-likeness (QED) is 0.736. The van der Waals surface area contributed by atoms with Crippen molar-refractivity contribution in [1.82, 2.24) is 0 Å². The molecule has 0 aliphatic carbocycles. The van der Waals surface area contributed by atoms with Crippen molar-refractivity contribution in [3.8, 4) is 0 Å². The van der Waals surface area contributed by atoms with Crippen molar-refractivity contribution in [3.63, 3.8) is 0 Å². The van der Waals surface area contributed by atoms with E-state index in [0.29, 0.717) is 17.1 Å². The fourth-order valence-corrected chi connectivity index (χ4v) is 2.52. The number of rotatable bonds is 7. The van der Waals surface area contributed by atoms with Gasteiger partial charge in [0.15, 0.2) is 0 Å². The van der Waals surface area contributed by atoms with E-state index in [9.17, 15) is 5.11 Å². The third kappa shape index (κ3) is 5.32. The molecule has 1 unspecified atom stereocenters. The van der Waals surface area contributed by atoms with Gasteiger partial charge in [0.1, 0.15) is 0 Å². The van der Waals surface area contributed by atoms with Crippen molar-refractivity contribution in [2.45, 2.75) is 37.8 Å². The van der Waals surface area contributed by atoms with E-state index in [1.54, 1.807) is 0 Å². The minimum Gasteiger partial charge on any atom is -0.396 e. The van der Waals surface area contributed by atoms with Crippen LogP contribution in [0.1, 0.15) is 27.7 Å². The predicted molar refractivity (Wildman–Crippen MR) is 81.3 cm³/mol. The molecule has 0 radical (unpaired) electrons. The van der Waals surface area contributed by atoms with Crippen LogP contribution in [0, 0.1) is 11.8 Å². The first-order valence-electron chi connectivity index (χ1n) is 6.64. The monoisotopic (exact) mass is 267 g/mol. The Morgan fingerprint density at radius 3 is 2.17 bits per heavy atom. The Labute approximate surface area is 115 Å². The number of hydrogen-bond acceptors (Lipinski definition) is 3. The van der Waals surface area contributed by atoms with E-state index in [-0.39, 0.29) is 6.61 Å². The Morgan fingerprint density at radius 1 is 1.11 bits per heavy atom. The summed E-state index contributed by atoms with van der Waals surface area (Å²) in [5, 5.41) is 13.3. The second kappa shape index (κ2) is 7.70. The Balaban J connectivity index is 2.48. The van der Waals surface area contributed by atoms with Crippen molar-refractivity contribution < 1.29 is 5.11 Å². The van der Waals surface area contributed by atoms with Gasteiger partial charge in [0, 0.05) is 34.9 Å². The number of nitrogens with one attached hydrogen (secondary N) is 1. The molecule has 102 valence electrons. The van der Waals surface area contributed by atoms with Crippen molar-refractivity contribution in [1.29, 1.82) is 0 Å². The number of aliphatic hydroxyl groups is 1. The van der Waals surface area contributed by atoms with Gasteiger partial charge in [-0.15, -0.1) is 11.8 Å². The number of thioether (sulfide) groups is 1. The van der Waals surface area contributed by atoms with E-state index in [2.05, 4.69) is 57.3 Å². The summed E-state index contributed by atoms with van der Waals surface area (Å²) in [4.78, 5) is 1.30. The van der Waals surface area contributed by atoms with Crippen LogP contribution in [0.5, 0.6) is 0 Å². The maximum atomic E-state index is 9.27. The average molecular weight is 267 g/mol. The van der Waals surface area contributed by atoms with Crippen LogP contribution in [0.15, 0.2) is 29.2 Å². The van der Waals surface area contributed by atoms with E-state index in [1.807, 2.05) is 11.8 Å². The standard InChI is InChI=1S/C15H25NOS/c1-11(2)13(10-17)9-16-14-5-7-15(8-6-14)18-12(3)4/h5-8,11-13,16-17H,9-10H2,1-4H3. The van der Waals surface area contributed by atoms with Gasteiger partial charge < -0.3 is 10.4 Å². The third-order valence-corrected chi connectivity index (χ3v) is 3.99. The highest BCUT2D eigenvalue weighted by Gasteiger charge is 2.11. The molecule has 0 aromatic heterocycles. The minimum absolute atomic E-state index is 0.242. The minimum atomic E-state index is 0.242. The fourth-order valence-electron chi connectivity index (χ4n) is 1.68. The maximum absolute atomic E-state index is 9.27. The molecule has 1 atom stereocenters. The van der Waals surface area contributed by atoms with Crippen molar-refractivity contribution >= 4 is 17.4 Å². The zero-order chi connectivity index (χ0) is 13.5. The predicted octanol–water partition coefficient (Wildman–Crippen LogP) is 3.86. The van der Waals surface area contributed by atoms with E-state index in [4.69, 9.17) is 0 Å². The van der Waals surface area contributed by atoms with Gasteiger partial charge in [0.25, 0.3) is 0 Å². The highest BCUT2D eigenvalue weighted by Crippen LogP contribution is 2.24. The second-order valence-corrected chi connectivity index (χ2v) is 6.91. The molecule has 0 saturated carbocycles. The Hall–Kier alpha value is -0.670. The molecule has 0 aliphatic heterocycles. The van der Waals surface area contributed by atoms with Gasteiger partial charge in [-0.1, -0.05) is 27.7 Å². The van der Waals surface area contributed by atoms with Crippen LogP contribution in [0.3, 0.4) is 0 Å². The highest BCUT2D eigenvalue weighted by atomic mass is 32.2. The summed E-state index contributed by atoms with van der Waals surface area (Å²) in [6.07, 6.45) is 0. The van der Waals surface area contributed by atoms with Crippen molar-refractivity contribution in [3.05, 3.63) is 24.3 Å². The van der Waals surface area contributed by atoms with Gasteiger partial charge in [-0.2, -0.15) is 0 Å². The Kier molecular flexibility index (Phi) is 6.58.